The fourth-order valence-electron chi connectivity index (χ4n) is 5.97. The van der Waals surface area contributed by atoms with Gasteiger partial charge in [-0.25, -0.2) is 0 Å². The van der Waals surface area contributed by atoms with Gasteiger partial charge in [-0.2, -0.15) is 0 Å². The molecule has 0 fully saturated rings. The van der Waals surface area contributed by atoms with E-state index in [9.17, 15) is 4.79 Å². The molecule has 1 unspecified atom stereocenters. The Labute approximate surface area is 235 Å². The SMILES string of the molecule is CCCCCC(CCCCC)CCCCCCCCCCC(CCCCCCCCC=O)CCN(C)C. The molecule has 0 saturated carbocycles. The molecule has 0 amide bonds. The Morgan fingerprint density at radius 2 is 0.784 bits per heavy atom. The van der Waals surface area contributed by atoms with E-state index in [1.807, 2.05) is 0 Å². The summed E-state index contributed by atoms with van der Waals surface area (Å²) >= 11 is 0. The lowest BCUT2D eigenvalue weighted by molar-refractivity contribution is -0.107. The first kappa shape index (κ1) is 36.6. The van der Waals surface area contributed by atoms with Crippen LogP contribution in [0, 0.1) is 11.8 Å². The molecule has 1 atom stereocenters. The molecule has 37 heavy (non-hydrogen) atoms. The molecule has 0 rings (SSSR count). The zero-order valence-electron chi connectivity index (χ0n) is 26.4. The molecular weight excluding hydrogens is 450 g/mol. The normalized spacial score (nSPS) is 12.6. The fourth-order valence-corrected chi connectivity index (χ4v) is 5.97. The summed E-state index contributed by atoms with van der Waals surface area (Å²) in [7, 11) is 4.44. The van der Waals surface area contributed by atoms with E-state index in [1.165, 1.54) is 167 Å². The molecule has 0 aromatic carbocycles. The smallest absolute Gasteiger partial charge is 0.119 e. The Balaban J connectivity index is 3.81. The van der Waals surface area contributed by atoms with E-state index in [4.69, 9.17) is 0 Å². The van der Waals surface area contributed by atoms with E-state index >= 15 is 0 Å². The molecule has 222 valence electrons. The van der Waals surface area contributed by atoms with Gasteiger partial charge in [-0.3, -0.25) is 0 Å². The van der Waals surface area contributed by atoms with Crippen molar-refractivity contribution in [3.63, 3.8) is 0 Å². The van der Waals surface area contributed by atoms with Crippen molar-refractivity contribution < 1.29 is 4.79 Å². The van der Waals surface area contributed by atoms with Gasteiger partial charge in [0.25, 0.3) is 0 Å². The van der Waals surface area contributed by atoms with Gasteiger partial charge >= 0.3 is 0 Å². The summed E-state index contributed by atoms with van der Waals surface area (Å²) in [5, 5.41) is 0. The van der Waals surface area contributed by atoms with E-state index in [1.54, 1.807) is 0 Å². The van der Waals surface area contributed by atoms with Crippen LogP contribution in [0.5, 0.6) is 0 Å². The van der Waals surface area contributed by atoms with Crippen LogP contribution in [-0.4, -0.2) is 31.8 Å². The molecule has 0 aliphatic rings. The van der Waals surface area contributed by atoms with Gasteiger partial charge in [0, 0.05) is 6.42 Å². The Bertz CT molecular complexity index is 425. The minimum absolute atomic E-state index is 0.755. The van der Waals surface area contributed by atoms with Gasteiger partial charge < -0.3 is 9.69 Å². The molecule has 0 spiro atoms. The standard InChI is InChI=1S/C35H71NO/c1-5-7-20-26-34(27-21-8-6-2)28-22-16-12-9-10-13-17-23-29-35(31-32-36(3)4)30-24-18-14-11-15-19-25-33-37/h33-35H,5-32H2,1-4H3. The minimum Gasteiger partial charge on any atom is -0.309 e. The maximum absolute atomic E-state index is 10.4. The number of aldehydes is 1. The third-order valence-electron chi connectivity index (χ3n) is 8.58. The summed E-state index contributed by atoms with van der Waals surface area (Å²) in [5.41, 5.74) is 0. The van der Waals surface area contributed by atoms with Crippen molar-refractivity contribution in [2.75, 3.05) is 20.6 Å². The first-order valence-electron chi connectivity index (χ1n) is 17.2. The summed E-state index contributed by atoms with van der Waals surface area (Å²) in [6.07, 6.45) is 38.6. The third kappa shape index (κ3) is 28.5. The van der Waals surface area contributed by atoms with Gasteiger partial charge in [-0.1, -0.05) is 168 Å². The molecule has 0 aromatic heterocycles. The summed E-state index contributed by atoms with van der Waals surface area (Å²) in [6, 6.07) is 0. The zero-order chi connectivity index (χ0) is 27.2. The quantitative estimate of drug-likeness (QED) is 0.0667. The van der Waals surface area contributed by atoms with Crippen molar-refractivity contribution >= 4 is 6.29 Å². The molecule has 0 bridgehead atoms. The molecule has 0 heterocycles. The van der Waals surface area contributed by atoms with Crippen molar-refractivity contribution in [3.05, 3.63) is 0 Å². The van der Waals surface area contributed by atoms with Crippen LogP contribution in [0.25, 0.3) is 0 Å². The van der Waals surface area contributed by atoms with Gasteiger partial charge in [0.05, 0.1) is 0 Å². The molecule has 0 aliphatic carbocycles. The van der Waals surface area contributed by atoms with Gasteiger partial charge in [0.15, 0.2) is 0 Å². The Kier molecular flexibility index (Phi) is 29.9. The van der Waals surface area contributed by atoms with Gasteiger partial charge in [0.2, 0.25) is 0 Å². The summed E-state index contributed by atoms with van der Waals surface area (Å²) in [5.74, 6) is 1.95. The van der Waals surface area contributed by atoms with Crippen LogP contribution in [0.15, 0.2) is 0 Å². The highest BCUT2D eigenvalue weighted by Gasteiger charge is 2.10. The van der Waals surface area contributed by atoms with E-state index in [2.05, 4.69) is 32.8 Å². The number of hydrogen-bond acceptors (Lipinski definition) is 2. The number of carbonyl (C=O) groups is 1. The molecule has 0 saturated heterocycles. The lowest BCUT2D eigenvalue weighted by Gasteiger charge is -2.19. The van der Waals surface area contributed by atoms with Crippen LogP contribution >= 0.6 is 0 Å². The second kappa shape index (κ2) is 30.2. The molecular formula is C35H71NO. The predicted molar refractivity (Wildman–Crippen MR) is 168 cm³/mol. The van der Waals surface area contributed by atoms with Gasteiger partial charge in [-0.15, -0.1) is 0 Å². The average Bonchev–Trinajstić information content (AvgIpc) is 2.89. The van der Waals surface area contributed by atoms with E-state index < -0.39 is 0 Å². The maximum Gasteiger partial charge on any atom is 0.119 e. The lowest BCUT2D eigenvalue weighted by atomic mass is 9.90. The van der Waals surface area contributed by atoms with E-state index in [0.717, 1.165) is 31.0 Å². The highest BCUT2D eigenvalue weighted by Crippen LogP contribution is 2.25. The Morgan fingerprint density at radius 3 is 1.14 bits per heavy atom. The van der Waals surface area contributed by atoms with Crippen molar-refractivity contribution in [3.8, 4) is 0 Å². The second-order valence-electron chi connectivity index (χ2n) is 12.6. The zero-order valence-corrected chi connectivity index (χ0v) is 26.4. The molecule has 2 heteroatoms. The minimum atomic E-state index is 0.755. The molecule has 2 nitrogen and oxygen atoms in total. The van der Waals surface area contributed by atoms with Crippen LogP contribution in [-0.2, 0) is 4.79 Å². The van der Waals surface area contributed by atoms with Crippen molar-refractivity contribution in [2.45, 2.75) is 187 Å². The molecule has 0 radical (unpaired) electrons. The number of nitrogens with zero attached hydrogens (tertiary/aromatic N) is 1. The van der Waals surface area contributed by atoms with E-state index in [0.29, 0.717) is 0 Å². The van der Waals surface area contributed by atoms with Gasteiger partial charge in [0.1, 0.15) is 6.29 Å². The summed E-state index contributed by atoms with van der Waals surface area (Å²) < 4.78 is 0. The average molecular weight is 522 g/mol. The lowest BCUT2D eigenvalue weighted by Crippen LogP contribution is -2.17. The number of rotatable bonds is 31. The van der Waals surface area contributed by atoms with Crippen LogP contribution < -0.4 is 0 Å². The first-order chi connectivity index (χ1) is 18.1. The molecule has 0 aromatic rings. The molecule has 0 aliphatic heterocycles. The number of carbonyl (C=O) groups excluding carboxylic acids is 1. The Hall–Kier alpha value is -0.370. The number of hydrogen-bond donors (Lipinski definition) is 0. The topological polar surface area (TPSA) is 20.3 Å². The predicted octanol–water partition coefficient (Wildman–Crippen LogP) is 11.6. The highest BCUT2D eigenvalue weighted by atomic mass is 16.1. The number of unbranched alkanes of at least 4 members (excludes halogenated alkanes) is 17. The summed E-state index contributed by atoms with van der Waals surface area (Å²) in [4.78, 5) is 12.8. The highest BCUT2D eigenvalue weighted by molar-refractivity contribution is 5.48. The Morgan fingerprint density at radius 1 is 0.459 bits per heavy atom. The van der Waals surface area contributed by atoms with Crippen LogP contribution in [0.4, 0.5) is 0 Å². The summed E-state index contributed by atoms with van der Waals surface area (Å²) in [6.45, 7) is 5.91. The van der Waals surface area contributed by atoms with Crippen LogP contribution in [0.2, 0.25) is 0 Å². The largest absolute Gasteiger partial charge is 0.309 e. The van der Waals surface area contributed by atoms with Crippen molar-refractivity contribution in [1.29, 1.82) is 0 Å². The maximum atomic E-state index is 10.4. The van der Waals surface area contributed by atoms with E-state index in [-0.39, 0.29) is 0 Å². The first-order valence-corrected chi connectivity index (χ1v) is 17.2. The van der Waals surface area contributed by atoms with Crippen molar-refractivity contribution in [2.24, 2.45) is 11.8 Å². The molecule has 0 N–H and O–H groups in total. The van der Waals surface area contributed by atoms with Crippen molar-refractivity contribution in [1.82, 2.24) is 4.90 Å². The van der Waals surface area contributed by atoms with Gasteiger partial charge in [-0.05, 0) is 45.3 Å². The second-order valence-corrected chi connectivity index (χ2v) is 12.6. The third-order valence-corrected chi connectivity index (χ3v) is 8.58. The van der Waals surface area contributed by atoms with Crippen LogP contribution in [0.1, 0.15) is 187 Å². The van der Waals surface area contributed by atoms with Crippen LogP contribution in [0.3, 0.4) is 0 Å². The monoisotopic (exact) mass is 522 g/mol. The fraction of sp³-hybridized carbons (Fsp3) is 0.971.